The quantitative estimate of drug-likeness (QED) is 0.147. The summed E-state index contributed by atoms with van der Waals surface area (Å²) < 4.78 is 26.7. The van der Waals surface area contributed by atoms with Crippen molar-refractivity contribution < 1.29 is 18.9 Å². The van der Waals surface area contributed by atoms with E-state index in [1.165, 1.54) is 82.3 Å². The molecule has 17 aromatic rings. The molecule has 0 N–H and O–H groups in total. The van der Waals surface area contributed by atoms with Crippen LogP contribution in [0.4, 0.5) is 51.2 Å². The maximum absolute atomic E-state index is 6.86. The van der Waals surface area contributed by atoms with Gasteiger partial charge in [-0.25, -0.2) is 0 Å². The van der Waals surface area contributed by atoms with Gasteiger partial charge in [0.2, 0.25) is 0 Å². The van der Waals surface area contributed by atoms with E-state index in [1.54, 1.807) is 0 Å². The number of hydrogen-bond acceptors (Lipinski definition) is 7. The Labute approximate surface area is 628 Å². The summed E-state index contributed by atoms with van der Waals surface area (Å²) in [5.74, 6) is 7.26. The second-order valence-electron chi connectivity index (χ2n) is 28.0. The molecule has 0 saturated carbocycles. The minimum absolute atomic E-state index is 0.0344. The van der Waals surface area contributed by atoms with Crippen molar-refractivity contribution in [2.75, 3.05) is 14.7 Å². The summed E-state index contributed by atoms with van der Waals surface area (Å²) >= 11 is 0. The Morgan fingerprint density at radius 1 is 0.222 bits per heavy atom. The first kappa shape index (κ1) is 62.6. The van der Waals surface area contributed by atoms with E-state index in [0.29, 0.717) is 0 Å². The first-order chi connectivity index (χ1) is 53.6. The fraction of sp³-hybridized carbons (Fsp3) is 0. The van der Waals surface area contributed by atoms with E-state index in [9.17, 15) is 0 Å². The van der Waals surface area contributed by atoms with Gasteiger partial charge in [0.1, 0.15) is 46.0 Å². The van der Waals surface area contributed by atoms with Gasteiger partial charge in [0.25, 0.3) is 20.1 Å². The molecule has 0 spiro atoms. The van der Waals surface area contributed by atoms with Crippen LogP contribution in [0.15, 0.2) is 388 Å². The van der Waals surface area contributed by atoms with E-state index < -0.39 is 0 Å². The molecule has 0 saturated heterocycles. The smallest absolute Gasteiger partial charge is 0.260 e. The van der Waals surface area contributed by atoms with Crippen molar-refractivity contribution in [3.05, 3.63) is 388 Å². The lowest BCUT2D eigenvalue weighted by atomic mass is 9.34. The maximum Gasteiger partial charge on any atom is 0.260 e. The Hall–Kier alpha value is -13.9. The molecule has 0 radical (unpaired) electrons. The standard InChI is InChI=1S/C38H23BO2.C36H25BN2O.C24H16BNO/c1-3-12-24(13-4-1)34-28-18-9-7-16-26(28)22-30-37(34)40-32-20-11-21-33-36(32)39(30)31-23-27-17-8-10-19-29(27)35(38(31)41-33)25-14-5-2-6-15-25;1-4-13-26(14-5-1)38(27-15-6-2-7-16-27)29-23-24-31-35(25-29)40-34-22-12-21-33-36(34)37(31)30-19-10-11-20-32(30)39(33)28-17-8-3-9-18-28;1-2-9-17(10-3-1)26-20-13-6-4-11-18(20)25-19-12-5-7-15-22(19)27-23-16-8-14-21(26)24(23)25/h1-23H;1-25H;1-16H. The van der Waals surface area contributed by atoms with Gasteiger partial charge in [-0.15, -0.1) is 0 Å². The number of fused-ring (bicyclic) bond motifs is 14. The number of hydrogen-bond donors (Lipinski definition) is 0. The molecule has 0 amide bonds. The third-order valence-corrected chi connectivity index (χ3v) is 22.0. The Kier molecular flexibility index (Phi) is 15.1. The molecular formula is C98H64B3N3O4. The number of anilines is 9. The first-order valence-electron chi connectivity index (χ1n) is 37.0. The van der Waals surface area contributed by atoms with Gasteiger partial charge in [0.15, 0.2) is 0 Å². The van der Waals surface area contributed by atoms with Crippen LogP contribution < -0.4 is 82.8 Å². The summed E-state index contributed by atoms with van der Waals surface area (Å²) in [6.45, 7) is 0.243. The fourth-order valence-corrected chi connectivity index (χ4v) is 17.5. The molecule has 0 unspecified atom stereocenters. The predicted molar refractivity (Wildman–Crippen MR) is 449 cm³/mol. The highest BCUT2D eigenvalue weighted by atomic mass is 16.5. The highest BCUT2D eigenvalue weighted by molar-refractivity contribution is 7.00. The first-order valence-corrected chi connectivity index (χ1v) is 37.0. The van der Waals surface area contributed by atoms with E-state index in [0.717, 1.165) is 108 Å². The van der Waals surface area contributed by atoms with Gasteiger partial charge in [-0.05, 0) is 186 Å². The van der Waals surface area contributed by atoms with Crippen molar-refractivity contribution in [2.45, 2.75) is 0 Å². The third kappa shape index (κ3) is 10.3. The van der Waals surface area contributed by atoms with Crippen LogP contribution in [0.5, 0.6) is 46.0 Å². The Morgan fingerprint density at radius 3 is 1.06 bits per heavy atom. The summed E-state index contributed by atoms with van der Waals surface area (Å²) in [6, 6.07) is 137. The minimum Gasteiger partial charge on any atom is -0.458 e. The summed E-state index contributed by atoms with van der Waals surface area (Å²) in [6.07, 6.45) is 0. The molecule has 6 aliphatic heterocycles. The van der Waals surface area contributed by atoms with Gasteiger partial charge in [-0.3, -0.25) is 0 Å². The Bertz CT molecular complexity index is 6180. The van der Waals surface area contributed by atoms with Crippen LogP contribution >= 0.6 is 0 Å². The lowest BCUT2D eigenvalue weighted by Crippen LogP contribution is -2.59. The van der Waals surface area contributed by atoms with E-state index in [2.05, 4.69) is 391 Å². The predicted octanol–water partition coefficient (Wildman–Crippen LogP) is 19.7. The number of nitrogens with zero attached hydrogens (tertiary/aromatic N) is 3. The van der Waals surface area contributed by atoms with Crippen molar-refractivity contribution >= 4 is 142 Å². The molecule has 0 atom stereocenters. The molecule has 0 aliphatic carbocycles. The number of para-hydroxylation sites is 7. The summed E-state index contributed by atoms with van der Waals surface area (Å²) in [4.78, 5) is 6.99. The average Bonchev–Trinajstić information content (AvgIpc) is 0.691. The molecule has 0 aromatic heterocycles. The number of benzene rings is 17. The van der Waals surface area contributed by atoms with E-state index in [4.69, 9.17) is 18.9 Å². The molecule has 504 valence electrons. The summed E-state index contributed by atoms with van der Waals surface area (Å²) in [7, 11) is 0. The molecule has 0 bridgehead atoms. The summed E-state index contributed by atoms with van der Waals surface area (Å²) in [5.41, 5.74) is 25.8. The lowest BCUT2D eigenvalue weighted by molar-refractivity contribution is 0.467. The molecule has 23 rings (SSSR count). The number of rotatable bonds is 7. The van der Waals surface area contributed by atoms with Gasteiger partial charge >= 0.3 is 0 Å². The normalized spacial score (nSPS) is 12.8. The fourth-order valence-electron chi connectivity index (χ4n) is 17.5. The SMILES string of the molecule is c1ccc(-c2c3c(cc4ccccc24)B2c4cc5ccccc5c(-c5ccccc5)c4Oc4cccc(c42)O3)cc1.c1ccc(N(c2ccccc2)c2ccc3c(c2)Oc2cccc4c2B3c2ccccc2N4c2ccccc2)cc1.c1ccc(N2c3ccccc3B3c4ccccc4Oc4cccc2c43)cc1. The second kappa shape index (κ2) is 26.0. The zero-order valence-electron chi connectivity index (χ0n) is 58.7. The van der Waals surface area contributed by atoms with Crippen LogP contribution in [-0.2, 0) is 0 Å². The Morgan fingerprint density at radius 2 is 0.574 bits per heavy atom. The molecule has 6 aliphatic rings. The zero-order valence-corrected chi connectivity index (χ0v) is 58.7. The van der Waals surface area contributed by atoms with Crippen molar-refractivity contribution in [3.63, 3.8) is 0 Å². The van der Waals surface area contributed by atoms with E-state index >= 15 is 0 Å². The average molecular weight is 1380 g/mol. The third-order valence-electron chi connectivity index (χ3n) is 22.0. The highest BCUT2D eigenvalue weighted by Gasteiger charge is 2.46. The molecule has 10 heteroatoms. The highest BCUT2D eigenvalue weighted by Crippen LogP contribution is 2.48. The van der Waals surface area contributed by atoms with Crippen LogP contribution in [-0.4, -0.2) is 20.1 Å². The number of ether oxygens (including phenoxy) is 4. The second-order valence-corrected chi connectivity index (χ2v) is 28.0. The van der Waals surface area contributed by atoms with Gasteiger partial charge in [0, 0.05) is 73.8 Å². The van der Waals surface area contributed by atoms with Crippen LogP contribution in [0.3, 0.4) is 0 Å². The van der Waals surface area contributed by atoms with Crippen molar-refractivity contribution in [2.24, 2.45) is 0 Å². The van der Waals surface area contributed by atoms with E-state index in [1.807, 2.05) is 12.1 Å². The van der Waals surface area contributed by atoms with Gasteiger partial charge in [0.05, 0.1) is 0 Å². The van der Waals surface area contributed by atoms with Gasteiger partial charge < -0.3 is 33.6 Å². The monoisotopic (exact) mass is 1380 g/mol. The van der Waals surface area contributed by atoms with Crippen molar-refractivity contribution in [3.8, 4) is 68.2 Å². The van der Waals surface area contributed by atoms with Crippen LogP contribution in [0.25, 0.3) is 43.8 Å². The van der Waals surface area contributed by atoms with E-state index in [-0.39, 0.29) is 20.1 Å². The molecular weight excluding hydrogens is 1320 g/mol. The molecule has 17 aromatic carbocycles. The summed E-state index contributed by atoms with van der Waals surface area (Å²) in [5, 5.41) is 4.78. The van der Waals surface area contributed by atoms with Gasteiger partial charge in [-0.2, -0.15) is 0 Å². The molecule has 6 heterocycles. The van der Waals surface area contributed by atoms with Crippen LogP contribution in [0.2, 0.25) is 0 Å². The minimum atomic E-state index is -0.0344. The van der Waals surface area contributed by atoms with Crippen LogP contribution in [0.1, 0.15) is 0 Å². The van der Waals surface area contributed by atoms with Crippen molar-refractivity contribution in [1.29, 1.82) is 0 Å². The maximum atomic E-state index is 6.86. The molecule has 108 heavy (non-hydrogen) atoms. The largest absolute Gasteiger partial charge is 0.458 e. The van der Waals surface area contributed by atoms with Gasteiger partial charge in [-0.1, -0.05) is 273 Å². The lowest BCUT2D eigenvalue weighted by Gasteiger charge is -2.40. The van der Waals surface area contributed by atoms with Crippen LogP contribution in [0, 0.1) is 0 Å². The zero-order chi connectivity index (χ0) is 71.2. The molecule has 0 fully saturated rings. The molecule has 7 nitrogen and oxygen atoms in total. The Balaban J connectivity index is 0.000000106. The van der Waals surface area contributed by atoms with Crippen molar-refractivity contribution in [1.82, 2.24) is 0 Å². The topological polar surface area (TPSA) is 46.6 Å².